The van der Waals surface area contributed by atoms with E-state index in [-0.39, 0.29) is 23.1 Å². The Morgan fingerprint density at radius 1 is 1.16 bits per heavy atom. The highest BCUT2D eigenvalue weighted by molar-refractivity contribution is 5.70. The monoisotopic (exact) mass is 442 g/mol. The lowest BCUT2D eigenvalue weighted by molar-refractivity contribution is -0.0361. The zero-order chi connectivity index (χ0) is 22.5. The number of fused-ring (bicyclic) bond motifs is 4. The Labute approximate surface area is 186 Å². The summed E-state index contributed by atoms with van der Waals surface area (Å²) < 4.78 is 39.7. The Bertz CT molecular complexity index is 1030. The van der Waals surface area contributed by atoms with Crippen LogP contribution in [0.2, 0.25) is 0 Å². The second-order valence-electron chi connectivity index (χ2n) is 9.81. The Morgan fingerprint density at radius 2 is 1.94 bits per heavy atom. The molecule has 4 heterocycles. The van der Waals surface area contributed by atoms with E-state index in [0.717, 1.165) is 50.2 Å². The molecule has 2 aromatic carbocycles. The fraction of sp³-hybridized carbons (Fsp3) is 0.480. The predicted octanol–water partition coefficient (Wildman–Crippen LogP) is 4.91. The number of amides is 1. The molecule has 4 aliphatic heterocycles. The minimum absolute atomic E-state index is 0.0711. The number of benzene rings is 2. The second kappa shape index (κ2) is 8.03. The van der Waals surface area contributed by atoms with Crippen molar-refractivity contribution < 1.29 is 23.0 Å². The first-order chi connectivity index (χ1) is 15.3. The molecule has 3 fully saturated rings. The van der Waals surface area contributed by atoms with Gasteiger partial charge in [0.1, 0.15) is 23.5 Å². The van der Waals surface area contributed by atoms with Gasteiger partial charge in [-0.05, 0) is 61.7 Å². The zero-order valence-electron chi connectivity index (χ0n) is 18.4. The summed E-state index contributed by atoms with van der Waals surface area (Å²) in [4.78, 5) is 15.2. The molecular weight excluding hydrogens is 414 g/mol. The second-order valence-corrected chi connectivity index (χ2v) is 9.81. The topological polar surface area (TPSA) is 50.8 Å². The molecule has 4 aliphatic rings. The largest absolute Gasteiger partial charge is 0.493 e. The number of piperidine rings is 3. The maximum atomic E-state index is 14.3. The van der Waals surface area contributed by atoms with Gasteiger partial charge in [0.2, 0.25) is 0 Å². The van der Waals surface area contributed by atoms with Gasteiger partial charge in [0.25, 0.3) is 0 Å². The first-order valence-corrected chi connectivity index (χ1v) is 11.2. The van der Waals surface area contributed by atoms with Gasteiger partial charge in [-0.2, -0.15) is 0 Å². The molecule has 1 N–H and O–H groups in total. The number of nitrogens with one attached hydrogen (secondary N) is 1. The molecule has 1 amide bonds. The molecule has 6 rings (SSSR count). The zero-order valence-corrected chi connectivity index (χ0v) is 18.4. The van der Waals surface area contributed by atoms with Gasteiger partial charge in [0, 0.05) is 23.1 Å². The lowest BCUT2D eigenvalue weighted by atomic mass is 9.78. The average Bonchev–Trinajstić information content (AvgIpc) is 2.78. The summed E-state index contributed by atoms with van der Waals surface area (Å²) in [5, 5.41) is 3.06. The molecule has 3 saturated heterocycles. The molecule has 0 spiro atoms. The van der Waals surface area contributed by atoms with E-state index in [0.29, 0.717) is 23.8 Å². The van der Waals surface area contributed by atoms with Crippen LogP contribution >= 0.6 is 0 Å². The van der Waals surface area contributed by atoms with Crippen molar-refractivity contribution in [3.05, 3.63) is 53.6 Å². The number of hydrogen-bond donors (Lipinski definition) is 1. The van der Waals surface area contributed by atoms with Crippen LogP contribution in [0.15, 0.2) is 36.4 Å². The summed E-state index contributed by atoms with van der Waals surface area (Å²) in [6.07, 6.45) is 1.65. The number of carbonyl (C=O) groups excluding carboxylic acids is 1. The SMILES string of the molecule is CC1(C)COc2cc(-c3cc(F)ccc3F)ccc2C1NC(=O)O[C@@H]1CN2CCC1CC2. The third-order valence-electron chi connectivity index (χ3n) is 7.06. The number of ether oxygens (including phenoxy) is 2. The number of nitrogens with zero attached hydrogens (tertiary/aromatic N) is 1. The van der Waals surface area contributed by atoms with Crippen LogP contribution in [0.4, 0.5) is 13.6 Å². The molecule has 0 aliphatic carbocycles. The number of carbonyl (C=O) groups is 1. The van der Waals surface area contributed by atoms with Crippen LogP contribution in [0.25, 0.3) is 11.1 Å². The van der Waals surface area contributed by atoms with E-state index in [2.05, 4.69) is 10.2 Å². The van der Waals surface area contributed by atoms with Crippen LogP contribution in [0.3, 0.4) is 0 Å². The van der Waals surface area contributed by atoms with Gasteiger partial charge in [-0.25, -0.2) is 13.6 Å². The van der Waals surface area contributed by atoms with Crippen LogP contribution in [0.5, 0.6) is 5.75 Å². The average molecular weight is 443 g/mol. The third-order valence-corrected chi connectivity index (χ3v) is 7.06. The number of halogens is 2. The molecule has 2 bridgehead atoms. The molecule has 7 heteroatoms. The first kappa shape index (κ1) is 21.2. The molecule has 170 valence electrons. The summed E-state index contributed by atoms with van der Waals surface area (Å²) >= 11 is 0. The summed E-state index contributed by atoms with van der Waals surface area (Å²) in [5.41, 5.74) is 1.13. The maximum absolute atomic E-state index is 14.3. The number of hydrogen-bond acceptors (Lipinski definition) is 4. The van der Waals surface area contributed by atoms with Crippen molar-refractivity contribution in [3.8, 4) is 16.9 Å². The van der Waals surface area contributed by atoms with Gasteiger partial charge >= 0.3 is 6.09 Å². The molecule has 0 radical (unpaired) electrons. The van der Waals surface area contributed by atoms with Gasteiger partial charge in [-0.1, -0.05) is 26.0 Å². The van der Waals surface area contributed by atoms with E-state index in [1.165, 1.54) is 6.07 Å². The van der Waals surface area contributed by atoms with Crippen molar-refractivity contribution in [1.29, 1.82) is 0 Å². The normalized spacial score (nSPS) is 27.9. The number of rotatable bonds is 3. The van der Waals surface area contributed by atoms with Crippen molar-refractivity contribution >= 4 is 6.09 Å². The Hall–Kier alpha value is -2.67. The molecule has 2 atom stereocenters. The van der Waals surface area contributed by atoms with Crippen molar-refractivity contribution in [1.82, 2.24) is 10.2 Å². The van der Waals surface area contributed by atoms with Crippen molar-refractivity contribution in [2.45, 2.75) is 38.8 Å². The highest BCUT2D eigenvalue weighted by Gasteiger charge is 2.41. The Balaban J connectivity index is 1.37. The highest BCUT2D eigenvalue weighted by atomic mass is 19.1. The molecule has 5 nitrogen and oxygen atoms in total. The van der Waals surface area contributed by atoms with Crippen molar-refractivity contribution in [3.63, 3.8) is 0 Å². The van der Waals surface area contributed by atoms with Crippen molar-refractivity contribution in [2.75, 3.05) is 26.2 Å². The summed E-state index contributed by atoms with van der Waals surface area (Å²) in [7, 11) is 0. The summed E-state index contributed by atoms with van der Waals surface area (Å²) in [5.74, 6) is -0.0162. The van der Waals surface area contributed by atoms with E-state index in [1.807, 2.05) is 19.9 Å². The third kappa shape index (κ3) is 3.94. The molecule has 1 unspecified atom stereocenters. The Kier molecular flexibility index (Phi) is 5.32. The van der Waals surface area contributed by atoms with E-state index in [4.69, 9.17) is 9.47 Å². The highest BCUT2D eigenvalue weighted by Crippen LogP contribution is 2.44. The van der Waals surface area contributed by atoms with Gasteiger partial charge in [-0.15, -0.1) is 0 Å². The van der Waals surface area contributed by atoms with Gasteiger partial charge < -0.3 is 14.8 Å². The summed E-state index contributed by atoms with van der Waals surface area (Å²) in [6.45, 7) is 7.39. The Morgan fingerprint density at radius 3 is 2.66 bits per heavy atom. The molecule has 0 saturated carbocycles. The van der Waals surface area contributed by atoms with Gasteiger partial charge in [-0.3, -0.25) is 4.90 Å². The predicted molar refractivity (Wildman–Crippen MR) is 116 cm³/mol. The lowest BCUT2D eigenvalue weighted by Gasteiger charge is -2.44. The number of alkyl carbamates (subject to hydrolysis) is 1. The molecule has 2 aromatic rings. The van der Waals surface area contributed by atoms with Crippen LogP contribution in [0, 0.1) is 23.0 Å². The van der Waals surface area contributed by atoms with Crippen molar-refractivity contribution in [2.24, 2.45) is 11.3 Å². The quantitative estimate of drug-likeness (QED) is 0.734. The maximum Gasteiger partial charge on any atom is 0.407 e. The van der Waals surface area contributed by atoms with Crippen LogP contribution < -0.4 is 10.1 Å². The first-order valence-electron chi connectivity index (χ1n) is 11.2. The van der Waals surface area contributed by atoms with E-state index in [9.17, 15) is 13.6 Å². The van der Waals surface area contributed by atoms with Crippen LogP contribution in [-0.2, 0) is 4.74 Å². The fourth-order valence-electron chi connectivity index (χ4n) is 5.16. The summed E-state index contributed by atoms with van der Waals surface area (Å²) in [6, 6.07) is 8.30. The minimum Gasteiger partial charge on any atom is -0.493 e. The molecular formula is C25H28F2N2O3. The van der Waals surface area contributed by atoms with E-state index >= 15 is 0 Å². The van der Waals surface area contributed by atoms with Crippen LogP contribution in [-0.4, -0.2) is 43.3 Å². The minimum atomic E-state index is -0.504. The fourth-order valence-corrected chi connectivity index (χ4v) is 5.16. The van der Waals surface area contributed by atoms with E-state index < -0.39 is 17.7 Å². The standard InChI is InChI=1S/C25H28F2N2O3/c1-25(2)14-31-21-11-16(19-12-17(26)4-6-20(19)27)3-5-18(21)23(25)28-24(30)32-22-13-29-9-7-15(22)8-10-29/h3-6,11-12,15,22-23H,7-10,13-14H2,1-2H3,(H,28,30)/t22-,23?/m1/s1. The van der Waals surface area contributed by atoms with Gasteiger partial charge in [0.05, 0.1) is 12.6 Å². The lowest BCUT2D eigenvalue weighted by Crippen LogP contribution is -2.53. The van der Waals surface area contributed by atoms with E-state index in [1.54, 1.807) is 12.1 Å². The molecule has 32 heavy (non-hydrogen) atoms. The van der Waals surface area contributed by atoms with Crippen LogP contribution in [0.1, 0.15) is 38.3 Å². The van der Waals surface area contributed by atoms with Gasteiger partial charge in [0.15, 0.2) is 0 Å². The smallest absolute Gasteiger partial charge is 0.407 e. The molecule has 0 aromatic heterocycles.